The Labute approximate surface area is 104 Å². The molecule has 0 atom stereocenters. The van der Waals surface area contributed by atoms with Crippen LogP contribution < -0.4 is 4.74 Å². The van der Waals surface area contributed by atoms with Crippen LogP contribution in [0.4, 0.5) is 0 Å². The van der Waals surface area contributed by atoms with Gasteiger partial charge in [0.05, 0.1) is 12.8 Å². The average Bonchev–Trinajstić information content (AvgIpc) is 2.26. The summed E-state index contributed by atoms with van der Waals surface area (Å²) in [6.07, 6.45) is 1.65. The lowest BCUT2D eigenvalue weighted by Crippen LogP contribution is -2.10. The molecule has 1 rings (SSSR count). The monoisotopic (exact) mass is 254 g/mol. The van der Waals surface area contributed by atoms with Gasteiger partial charge < -0.3 is 9.84 Å². The van der Waals surface area contributed by atoms with Crippen LogP contribution in [0, 0.1) is 6.92 Å². The van der Waals surface area contributed by atoms with Gasteiger partial charge in [-0.3, -0.25) is 9.59 Å². The highest BCUT2D eigenvalue weighted by molar-refractivity contribution is 7.98. The van der Waals surface area contributed by atoms with Crippen molar-refractivity contribution in [2.75, 3.05) is 6.26 Å². The fourth-order valence-corrected chi connectivity index (χ4v) is 1.89. The lowest BCUT2D eigenvalue weighted by atomic mass is 10.2. The average molecular weight is 254 g/mol. The summed E-state index contributed by atoms with van der Waals surface area (Å²) in [5.74, 6) is -1.07. The first-order valence-corrected chi connectivity index (χ1v) is 6.32. The zero-order valence-electron chi connectivity index (χ0n) is 9.73. The Morgan fingerprint density at radius 1 is 1.35 bits per heavy atom. The van der Waals surface area contributed by atoms with E-state index in [-0.39, 0.29) is 12.8 Å². The van der Waals surface area contributed by atoms with E-state index in [0.29, 0.717) is 5.75 Å². The van der Waals surface area contributed by atoms with Crippen LogP contribution >= 0.6 is 11.8 Å². The van der Waals surface area contributed by atoms with E-state index < -0.39 is 11.9 Å². The van der Waals surface area contributed by atoms with Gasteiger partial charge in [0.2, 0.25) is 0 Å². The third kappa shape index (κ3) is 4.48. The summed E-state index contributed by atoms with van der Waals surface area (Å²) in [4.78, 5) is 22.7. The first-order chi connectivity index (χ1) is 8.02. The first-order valence-electron chi connectivity index (χ1n) is 5.10. The van der Waals surface area contributed by atoms with Crippen LogP contribution in [-0.2, 0) is 9.59 Å². The molecule has 0 aliphatic carbocycles. The molecular weight excluding hydrogens is 240 g/mol. The number of carbonyl (C=O) groups excluding carboxylic acids is 1. The number of thioether (sulfide) groups is 1. The summed E-state index contributed by atoms with van der Waals surface area (Å²) >= 11 is 1.62. The molecule has 0 radical (unpaired) electrons. The standard InChI is InChI=1S/C12H14O4S/c1-8-7-9(3-4-10(8)17-2)16-12(15)6-5-11(13)14/h3-4,7H,5-6H2,1-2H3,(H,13,14). The summed E-state index contributed by atoms with van der Waals surface area (Å²) in [7, 11) is 0. The van der Waals surface area contributed by atoms with Gasteiger partial charge in [-0.2, -0.15) is 0 Å². The molecule has 1 aromatic carbocycles. The summed E-state index contributed by atoms with van der Waals surface area (Å²) in [5.41, 5.74) is 1.03. The molecule has 0 spiro atoms. The van der Waals surface area contributed by atoms with E-state index in [1.54, 1.807) is 23.9 Å². The second-order valence-corrected chi connectivity index (χ2v) is 4.35. The molecule has 0 bridgehead atoms. The number of aliphatic carboxylic acids is 1. The topological polar surface area (TPSA) is 63.6 Å². The number of hydrogen-bond acceptors (Lipinski definition) is 4. The van der Waals surface area contributed by atoms with Gasteiger partial charge in [0.1, 0.15) is 5.75 Å². The third-order valence-corrected chi connectivity index (χ3v) is 3.04. The van der Waals surface area contributed by atoms with Gasteiger partial charge in [0, 0.05) is 4.90 Å². The van der Waals surface area contributed by atoms with Crippen molar-refractivity contribution in [1.82, 2.24) is 0 Å². The van der Waals surface area contributed by atoms with E-state index in [9.17, 15) is 9.59 Å². The number of aryl methyl sites for hydroxylation is 1. The van der Waals surface area contributed by atoms with Crippen molar-refractivity contribution in [1.29, 1.82) is 0 Å². The highest BCUT2D eigenvalue weighted by Gasteiger charge is 2.08. The first kappa shape index (κ1) is 13.6. The van der Waals surface area contributed by atoms with Crippen LogP contribution in [0.3, 0.4) is 0 Å². The van der Waals surface area contributed by atoms with Crippen molar-refractivity contribution >= 4 is 23.7 Å². The van der Waals surface area contributed by atoms with Crippen LogP contribution in [0.15, 0.2) is 23.1 Å². The summed E-state index contributed by atoms with van der Waals surface area (Å²) in [6, 6.07) is 5.35. The predicted molar refractivity (Wildman–Crippen MR) is 65.5 cm³/mol. The fraction of sp³-hybridized carbons (Fsp3) is 0.333. The van der Waals surface area contributed by atoms with E-state index in [1.807, 2.05) is 19.2 Å². The molecule has 0 fully saturated rings. The largest absolute Gasteiger partial charge is 0.481 e. The van der Waals surface area contributed by atoms with Gasteiger partial charge in [-0.25, -0.2) is 0 Å². The van der Waals surface area contributed by atoms with E-state index in [2.05, 4.69) is 0 Å². The Balaban J connectivity index is 2.60. The number of ether oxygens (including phenoxy) is 1. The number of carboxylic acids is 1. The van der Waals surface area contributed by atoms with Gasteiger partial charge in [-0.05, 0) is 36.9 Å². The van der Waals surface area contributed by atoms with Gasteiger partial charge in [0.15, 0.2) is 0 Å². The van der Waals surface area contributed by atoms with Crippen LogP contribution in [0.25, 0.3) is 0 Å². The highest BCUT2D eigenvalue weighted by atomic mass is 32.2. The Hall–Kier alpha value is -1.49. The van der Waals surface area contributed by atoms with Crippen LogP contribution in [0.5, 0.6) is 5.75 Å². The molecule has 0 aliphatic heterocycles. The van der Waals surface area contributed by atoms with Crippen LogP contribution in [0.2, 0.25) is 0 Å². The molecule has 1 aromatic rings. The molecule has 0 amide bonds. The molecule has 5 heteroatoms. The predicted octanol–water partition coefficient (Wildman–Crippen LogP) is 2.49. The molecular formula is C12H14O4S. The van der Waals surface area contributed by atoms with E-state index in [0.717, 1.165) is 10.5 Å². The third-order valence-electron chi connectivity index (χ3n) is 2.14. The molecule has 0 unspecified atom stereocenters. The van der Waals surface area contributed by atoms with E-state index in [4.69, 9.17) is 9.84 Å². The molecule has 0 aromatic heterocycles. The molecule has 0 saturated heterocycles. The van der Waals surface area contributed by atoms with Gasteiger partial charge in [-0.15, -0.1) is 11.8 Å². The fourth-order valence-electron chi connectivity index (χ4n) is 1.31. The smallest absolute Gasteiger partial charge is 0.311 e. The lowest BCUT2D eigenvalue weighted by Gasteiger charge is -2.06. The second-order valence-electron chi connectivity index (χ2n) is 3.50. The van der Waals surface area contributed by atoms with Crippen molar-refractivity contribution in [2.45, 2.75) is 24.7 Å². The maximum Gasteiger partial charge on any atom is 0.311 e. The number of carboxylic acid groups (broad SMARTS) is 1. The highest BCUT2D eigenvalue weighted by Crippen LogP contribution is 2.24. The molecule has 92 valence electrons. The molecule has 4 nitrogen and oxygen atoms in total. The Bertz CT molecular complexity index is 429. The van der Waals surface area contributed by atoms with E-state index >= 15 is 0 Å². The Morgan fingerprint density at radius 3 is 2.59 bits per heavy atom. The molecule has 0 saturated carbocycles. The van der Waals surface area contributed by atoms with Crippen molar-refractivity contribution in [3.05, 3.63) is 23.8 Å². The summed E-state index contributed by atoms with van der Waals surface area (Å²) in [6.45, 7) is 1.93. The van der Waals surface area contributed by atoms with Gasteiger partial charge in [0.25, 0.3) is 0 Å². The zero-order valence-corrected chi connectivity index (χ0v) is 10.5. The van der Waals surface area contributed by atoms with Crippen LogP contribution in [-0.4, -0.2) is 23.3 Å². The normalized spacial score (nSPS) is 10.0. The minimum atomic E-state index is -1.00. The maximum absolute atomic E-state index is 11.3. The quantitative estimate of drug-likeness (QED) is 0.497. The number of esters is 1. The van der Waals surface area contributed by atoms with E-state index in [1.165, 1.54) is 0 Å². The number of carbonyl (C=O) groups is 2. The SMILES string of the molecule is CSc1ccc(OC(=O)CCC(=O)O)cc1C. The van der Waals surface area contributed by atoms with Crippen molar-refractivity contribution in [2.24, 2.45) is 0 Å². The molecule has 0 heterocycles. The number of hydrogen-bond donors (Lipinski definition) is 1. The summed E-state index contributed by atoms with van der Waals surface area (Å²) in [5, 5.41) is 8.43. The van der Waals surface area contributed by atoms with Gasteiger partial charge in [-0.1, -0.05) is 0 Å². The Morgan fingerprint density at radius 2 is 2.06 bits per heavy atom. The number of benzene rings is 1. The lowest BCUT2D eigenvalue weighted by molar-refractivity contribution is -0.142. The minimum Gasteiger partial charge on any atom is -0.481 e. The second kappa shape index (κ2) is 6.30. The van der Waals surface area contributed by atoms with Crippen LogP contribution in [0.1, 0.15) is 18.4 Å². The molecule has 1 N–H and O–H groups in total. The van der Waals surface area contributed by atoms with Crippen molar-refractivity contribution in [3.8, 4) is 5.75 Å². The summed E-state index contributed by atoms with van der Waals surface area (Å²) < 4.78 is 5.03. The van der Waals surface area contributed by atoms with Gasteiger partial charge >= 0.3 is 11.9 Å². The molecule has 0 aliphatic rings. The minimum absolute atomic E-state index is 0.112. The zero-order chi connectivity index (χ0) is 12.8. The Kier molecular flexibility index (Phi) is 5.03. The maximum atomic E-state index is 11.3. The van der Waals surface area contributed by atoms with Crippen molar-refractivity contribution < 1.29 is 19.4 Å². The molecule has 17 heavy (non-hydrogen) atoms. The van der Waals surface area contributed by atoms with Crippen molar-refractivity contribution in [3.63, 3.8) is 0 Å². The number of rotatable bonds is 5.